The Balaban J connectivity index is 2.76. The number of nitrogens with two attached hydrogens (primary N) is 1. The van der Waals surface area contributed by atoms with Gasteiger partial charge in [-0.2, -0.15) is 0 Å². The number of carboxylic acid groups (broad SMARTS) is 1. The molecule has 4 N–H and O–H groups in total. The van der Waals surface area contributed by atoms with E-state index in [1.165, 1.54) is 0 Å². The van der Waals surface area contributed by atoms with Crippen molar-refractivity contribution in [3.05, 3.63) is 0 Å². The van der Waals surface area contributed by atoms with Crippen molar-refractivity contribution < 1.29 is 14.7 Å². The maximum absolute atomic E-state index is 12.1. The first-order valence-corrected chi connectivity index (χ1v) is 7.37. The lowest BCUT2D eigenvalue weighted by atomic mass is 9.61. The standard InChI is InChI=1S/C15H28N2O3/c1-8(10(3)16)13(18)17-12-7-6-11(14(19)20)15(4,5)9(12)2/h8-12H,6-7,16H2,1-5H3,(H,17,18)(H,19,20). The third kappa shape index (κ3) is 3.32. The normalized spacial score (nSPS) is 32.2. The molecule has 5 atom stereocenters. The Morgan fingerprint density at radius 1 is 1.30 bits per heavy atom. The fraction of sp³-hybridized carbons (Fsp3) is 0.867. The molecule has 0 aromatic heterocycles. The molecule has 0 aromatic carbocycles. The summed E-state index contributed by atoms with van der Waals surface area (Å²) < 4.78 is 0. The van der Waals surface area contributed by atoms with E-state index >= 15 is 0 Å². The van der Waals surface area contributed by atoms with Crippen LogP contribution < -0.4 is 11.1 Å². The molecule has 0 heterocycles. The van der Waals surface area contributed by atoms with Crippen molar-refractivity contribution in [3.8, 4) is 0 Å². The summed E-state index contributed by atoms with van der Waals surface area (Å²) in [6.07, 6.45) is 1.31. The van der Waals surface area contributed by atoms with E-state index in [1.807, 2.05) is 34.6 Å². The smallest absolute Gasteiger partial charge is 0.307 e. The third-order valence-electron chi connectivity index (χ3n) is 5.27. The van der Waals surface area contributed by atoms with Crippen molar-refractivity contribution >= 4 is 11.9 Å². The fourth-order valence-corrected chi connectivity index (χ4v) is 3.00. The van der Waals surface area contributed by atoms with Gasteiger partial charge in [0.05, 0.1) is 5.92 Å². The molecule has 0 spiro atoms. The number of carboxylic acids is 1. The first-order chi connectivity index (χ1) is 9.09. The second-order valence-corrected chi connectivity index (χ2v) is 6.84. The summed E-state index contributed by atoms with van der Waals surface area (Å²) in [5, 5.41) is 12.4. The van der Waals surface area contributed by atoms with E-state index in [0.29, 0.717) is 12.8 Å². The van der Waals surface area contributed by atoms with Gasteiger partial charge < -0.3 is 16.2 Å². The Bertz CT molecular complexity index is 379. The van der Waals surface area contributed by atoms with Gasteiger partial charge in [-0.25, -0.2) is 0 Å². The van der Waals surface area contributed by atoms with Gasteiger partial charge in [-0.3, -0.25) is 9.59 Å². The minimum Gasteiger partial charge on any atom is -0.481 e. The number of hydrogen-bond acceptors (Lipinski definition) is 3. The molecule has 0 aromatic rings. The van der Waals surface area contributed by atoms with E-state index in [1.54, 1.807) is 0 Å². The van der Waals surface area contributed by atoms with Gasteiger partial charge in [0, 0.05) is 18.0 Å². The lowest BCUT2D eigenvalue weighted by Gasteiger charge is -2.46. The van der Waals surface area contributed by atoms with Crippen molar-refractivity contribution in [3.63, 3.8) is 0 Å². The lowest BCUT2D eigenvalue weighted by Crippen LogP contribution is -2.54. The van der Waals surface area contributed by atoms with Crippen LogP contribution in [0.5, 0.6) is 0 Å². The molecule has 0 aliphatic heterocycles. The van der Waals surface area contributed by atoms with Gasteiger partial charge in [-0.15, -0.1) is 0 Å². The molecule has 1 amide bonds. The molecule has 5 unspecified atom stereocenters. The minimum atomic E-state index is -0.740. The van der Waals surface area contributed by atoms with Crippen LogP contribution in [0.3, 0.4) is 0 Å². The van der Waals surface area contributed by atoms with Gasteiger partial charge >= 0.3 is 5.97 Å². The molecule has 1 aliphatic rings. The summed E-state index contributed by atoms with van der Waals surface area (Å²) in [5.41, 5.74) is 5.42. The average Bonchev–Trinajstić information content (AvgIpc) is 2.33. The Morgan fingerprint density at radius 3 is 2.30 bits per heavy atom. The summed E-state index contributed by atoms with van der Waals surface area (Å²) in [5.74, 6) is -1.25. The van der Waals surface area contributed by atoms with Crippen LogP contribution in [0.15, 0.2) is 0 Å². The van der Waals surface area contributed by atoms with Gasteiger partial charge in [0.1, 0.15) is 0 Å². The molecular weight excluding hydrogens is 256 g/mol. The Labute approximate surface area is 121 Å². The van der Waals surface area contributed by atoms with Crippen molar-refractivity contribution in [1.29, 1.82) is 0 Å². The van der Waals surface area contributed by atoms with Gasteiger partial charge in [0.15, 0.2) is 0 Å². The molecule has 0 bridgehead atoms. The number of carbonyl (C=O) groups is 2. The molecule has 1 rings (SSSR count). The zero-order chi connectivity index (χ0) is 15.7. The molecule has 0 radical (unpaired) electrons. The predicted molar refractivity (Wildman–Crippen MR) is 78.0 cm³/mol. The quantitative estimate of drug-likeness (QED) is 0.731. The molecular formula is C15H28N2O3. The molecule has 116 valence electrons. The second kappa shape index (κ2) is 6.12. The molecule has 1 fully saturated rings. The van der Waals surface area contributed by atoms with Crippen molar-refractivity contribution in [2.24, 2.45) is 28.9 Å². The van der Waals surface area contributed by atoms with Crippen LogP contribution in [0.1, 0.15) is 47.5 Å². The maximum atomic E-state index is 12.1. The SMILES string of the molecule is CC(N)C(C)C(=O)NC1CCC(C(=O)O)C(C)(C)C1C. The summed E-state index contributed by atoms with van der Waals surface area (Å²) >= 11 is 0. The van der Waals surface area contributed by atoms with E-state index < -0.39 is 5.97 Å². The monoisotopic (exact) mass is 284 g/mol. The van der Waals surface area contributed by atoms with Gasteiger partial charge in [-0.05, 0) is 31.1 Å². The number of hydrogen-bond donors (Lipinski definition) is 3. The van der Waals surface area contributed by atoms with Crippen molar-refractivity contribution in [1.82, 2.24) is 5.32 Å². The van der Waals surface area contributed by atoms with Crippen LogP contribution in [0.2, 0.25) is 0 Å². The Morgan fingerprint density at radius 2 is 1.85 bits per heavy atom. The summed E-state index contributed by atoms with van der Waals surface area (Å²) in [6.45, 7) is 9.61. The maximum Gasteiger partial charge on any atom is 0.307 e. The zero-order valence-electron chi connectivity index (χ0n) is 13.1. The average molecular weight is 284 g/mol. The van der Waals surface area contributed by atoms with Crippen molar-refractivity contribution in [2.45, 2.75) is 59.5 Å². The minimum absolute atomic E-state index is 0.0225. The predicted octanol–water partition coefficient (Wildman–Crippen LogP) is 1.61. The van der Waals surface area contributed by atoms with Crippen LogP contribution in [0.25, 0.3) is 0 Å². The lowest BCUT2D eigenvalue weighted by molar-refractivity contribution is -0.150. The molecule has 0 saturated heterocycles. The summed E-state index contributed by atoms with van der Waals surface area (Å²) in [7, 11) is 0. The van der Waals surface area contributed by atoms with Crippen LogP contribution in [0, 0.1) is 23.2 Å². The van der Waals surface area contributed by atoms with E-state index in [-0.39, 0.29) is 41.2 Å². The van der Waals surface area contributed by atoms with Crippen LogP contribution in [-0.4, -0.2) is 29.1 Å². The van der Waals surface area contributed by atoms with Crippen LogP contribution in [0.4, 0.5) is 0 Å². The van der Waals surface area contributed by atoms with Crippen LogP contribution >= 0.6 is 0 Å². The third-order valence-corrected chi connectivity index (χ3v) is 5.27. The summed E-state index contributed by atoms with van der Waals surface area (Å²) in [6, 6.07) is -0.164. The van der Waals surface area contributed by atoms with Gasteiger partial charge in [0.25, 0.3) is 0 Å². The Kier molecular flexibility index (Phi) is 5.19. The Hall–Kier alpha value is -1.10. The van der Waals surface area contributed by atoms with E-state index in [0.717, 1.165) is 0 Å². The number of aliphatic carboxylic acids is 1. The highest BCUT2D eigenvalue weighted by molar-refractivity contribution is 5.79. The zero-order valence-corrected chi connectivity index (χ0v) is 13.1. The molecule has 5 nitrogen and oxygen atoms in total. The van der Waals surface area contributed by atoms with Crippen molar-refractivity contribution in [2.75, 3.05) is 0 Å². The van der Waals surface area contributed by atoms with E-state index in [4.69, 9.17) is 5.73 Å². The number of rotatable bonds is 4. The van der Waals surface area contributed by atoms with Gasteiger partial charge in [-0.1, -0.05) is 27.7 Å². The molecule has 20 heavy (non-hydrogen) atoms. The fourth-order valence-electron chi connectivity index (χ4n) is 3.00. The molecule has 5 heteroatoms. The number of carbonyl (C=O) groups excluding carboxylic acids is 1. The van der Waals surface area contributed by atoms with E-state index in [9.17, 15) is 14.7 Å². The highest BCUT2D eigenvalue weighted by atomic mass is 16.4. The number of amides is 1. The van der Waals surface area contributed by atoms with Gasteiger partial charge in [0.2, 0.25) is 5.91 Å². The second-order valence-electron chi connectivity index (χ2n) is 6.84. The highest BCUT2D eigenvalue weighted by Gasteiger charge is 2.46. The first-order valence-electron chi connectivity index (χ1n) is 7.37. The first kappa shape index (κ1) is 17.0. The molecule has 1 aliphatic carbocycles. The topological polar surface area (TPSA) is 92.4 Å². The molecule has 1 saturated carbocycles. The number of nitrogens with one attached hydrogen (secondary N) is 1. The van der Waals surface area contributed by atoms with Crippen LogP contribution in [-0.2, 0) is 9.59 Å². The highest BCUT2D eigenvalue weighted by Crippen LogP contribution is 2.45. The van der Waals surface area contributed by atoms with E-state index in [2.05, 4.69) is 5.32 Å². The summed E-state index contributed by atoms with van der Waals surface area (Å²) in [4.78, 5) is 23.5. The largest absolute Gasteiger partial charge is 0.481 e.